The molecule has 0 saturated carbocycles. The smallest absolute Gasteiger partial charge is 0.239 e. The standard InChI is InChI=1S/C15H18F2N2O3/c1-9(20)4-6-18-14(21)11-5-7-19(15(11)22)10-2-3-12(16)13(17)8-10/h2-3,8-9,11,20H,4-7H2,1H3,(H,18,21). The van der Waals surface area contributed by atoms with E-state index in [9.17, 15) is 18.4 Å². The predicted octanol–water partition coefficient (Wildman–Crippen LogP) is 1.20. The summed E-state index contributed by atoms with van der Waals surface area (Å²) in [4.78, 5) is 25.5. The van der Waals surface area contributed by atoms with Crippen LogP contribution in [-0.4, -0.2) is 36.1 Å². The van der Waals surface area contributed by atoms with Gasteiger partial charge < -0.3 is 15.3 Å². The summed E-state index contributed by atoms with van der Waals surface area (Å²) in [7, 11) is 0. The molecule has 1 aliphatic heterocycles. The number of nitrogens with one attached hydrogen (secondary N) is 1. The largest absolute Gasteiger partial charge is 0.393 e. The summed E-state index contributed by atoms with van der Waals surface area (Å²) in [5.41, 5.74) is 0.239. The van der Waals surface area contributed by atoms with Crippen molar-refractivity contribution in [2.24, 2.45) is 5.92 Å². The number of rotatable bonds is 5. The van der Waals surface area contributed by atoms with Crippen LogP contribution < -0.4 is 10.2 Å². The number of aliphatic hydroxyl groups excluding tert-OH is 1. The number of anilines is 1. The van der Waals surface area contributed by atoms with Crippen LogP contribution in [0, 0.1) is 17.6 Å². The zero-order valence-electron chi connectivity index (χ0n) is 12.2. The van der Waals surface area contributed by atoms with Crippen LogP contribution in [0.25, 0.3) is 0 Å². The lowest BCUT2D eigenvalue weighted by Crippen LogP contribution is -2.37. The van der Waals surface area contributed by atoms with Crippen LogP contribution in [-0.2, 0) is 9.59 Å². The molecule has 2 N–H and O–H groups in total. The fraction of sp³-hybridized carbons (Fsp3) is 0.467. The van der Waals surface area contributed by atoms with Crippen molar-refractivity contribution in [2.45, 2.75) is 25.9 Å². The second kappa shape index (κ2) is 6.83. The molecule has 1 saturated heterocycles. The highest BCUT2D eigenvalue weighted by atomic mass is 19.2. The maximum atomic E-state index is 13.2. The van der Waals surface area contributed by atoms with Crippen LogP contribution in [0.5, 0.6) is 0 Å². The van der Waals surface area contributed by atoms with Gasteiger partial charge >= 0.3 is 0 Å². The lowest BCUT2D eigenvalue weighted by atomic mass is 10.1. The van der Waals surface area contributed by atoms with Gasteiger partial charge in [0, 0.05) is 24.8 Å². The van der Waals surface area contributed by atoms with Crippen molar-refractivity contribution in [3.05, 3.63) is 29.8 Å². The first-order valence-corrected chi connectivity index (χ1v) is 7.12. The Morgan fingerprint density at radius 1 is 1.45 bits per heavy atom. The molecule has 0 radical (unpaired) electrons. The quantitative estimate of drug-likeness (QED) is 0.803. The number of carbonyl (C=O) groups is 2. The predicted molar refractivity (Wildman–Crippen MR) is 76.1 cm³/mol. The Bertz CT molecular complexity index is 578. The number of halogens is 2. The molecule has 120 valence electrons. The highest BCUT2D eigenvalue weighted by Crippen LogP contribution is 2.26. The van der Waals surface area contributed by atoms with Gasteiger partial charge in [-0.15, -0.1) is 0 Å². The monoisotopic (exact) mass is 312 g/mol. The Hall–Kier alpha value is -2.02. The van der Waals surface area contributed by atoms with Crippen molar-refractivity contribution in [1.82, 2.24) is 5.32 Å². The maximum absolute atomic E-state index is 13.2. The van der Waals surface area contributed by atoms with Gasteiger partial charge in [-0.05, 0) is 31.9 Å². The Balaban J connectivity index is 2.00. The minimum Gasteiger partial charge on any atom is -0.393 e. The van der Waals surface area contributed by atoms with Gasteiger partial charge in [-0.1, -0.05) is 0 Å². The number of nitrogens with zero attached hydrogens (tertiary/aromatic N) is 1. The number of hydrogen-bond donors (Lipinski definition) is 2. The molecule has 2 atom stereocenters. The number of amides is 2. The van der Waals surface area contributed by atoms with E-state index in [1.807, 2.05) is 0 Å². The molecule has 1 fully saturated rings. The molecule has 2 rings (SSSR count). The molecule has 0 bridgehead atoms. The number of carbonyl (C=O) groups excluding carboxylic acids is 2. The first kappa shape index (κ1) is 16.4. The van der Waals surface area contributed by atoms with Gasteiger partial charge in [-0.3, -0.25) is 9.59 Å². The molecule has 1 aliphatic rings. The highest BCUT2D eigenvalue weighted by molar-refractivity contribution is 6.09. The van der Waals surface area contributed by atoms with Gasteiger partial charge in [0.25, 0.3) is 0 Å². The van der Waals surface area contributed by atoms with Gasteiger partial charge in [-0.25, -0.2) is 8.78 Å². The summed E-state index contributed by atoms with van der Waals surface area (Å²) >= 11 is 0. The van der Waals surface area contributed by atoms with Gasteiger partial charge in [0.05, 0.1) is 6.10 Å². The molecule has 5 nitrogen and oxygen atoms in total. The second-order valence-electron chi connectivity index (χ2n) is 5.36. The Kier molecular flexibility index (Phi) is 5.07. The topological polar surface area (TPSA) is 69.6 Å². The van der Waals surface area contributed by atoms with Crippen molar-refractivity contribution in [3.63, 3.8) is 0 Å². The summed E-state index contributed by atoms with van der Waals surface area (Å²) in [6, 6.07) is 3.21. The van der Waals surface area contributed by atoms with E-state index in [-0.39, 0.29) is 18.8 Å². The van der Waals surface area contributed by atoms with E-state index in [0.29, 0.717) is 12.8 Å². The van der Waals surface area contributed by atoms with Gasteiger partial charge in [-0.2, -0.15) is 0 Å². The maximum Gasteiger partial charge on any atom is 0.239 e. The minimum absolute atomic E-state index is 0.239. The third-order valence-electron chi connectivity index (χ3n) is 3.60. The Labute approximate surface area is 126 Å². The average Bonchev–Trinajstić information content (AvgIpc) is 2.83. The zero-order chi connectivity index (χ0) is 16.3. The molecule has 1 aromatic rings. The van der Waals surface area contributed by atoms with Crippen molar-refractivity contribution in [3.8, 4) is 0 Å². The van der Waals surface area contributed by atoms with E-state index in [4.69, 9.17) is 5.11 Å². The van der Waals surface area contributed by atoms with Crippen LogP contribution >= 0.6 is 0 Å². The molecule has 7 heteroatoms. The summed E-state index contributed by atoms with van der Waals surface area (Å²) in [6.07, 6.45) is 0.191. The van der Waals surface area contributed by atoms with E-state index >= 15 is 0 Å². The van der Waals surface area contributed by atoms with Crippen LogP contribution in [0.2, 0.25) is 0 Å². The first-order valence-electron chi connectivity index (χ1n) is 7.12. The fourth-order valence-corrected chi connectivity index (χ4v) is 2.36. The molecule has 2 amide bonds. The number of aliphatic hydroxyl groups is 1. The van der Waals surface area contributed by atoms with E-state index in [1.54, 1.807) is 6.92 Å². The van der Waals surface area contributed by atoms with E-state index in [0.717, 1.165) is 12.1 Å². The molecule has 0 aromatic heterocycles. The molecule has 0 spiro atoms. The van der Waals surface area contributed by atoms with Crippen LogP contribution in [0.1, 0.15) is 19.8 Å². The lowest BCUT2D eigenvalue weighted by Gasteiger charge is -2.17. The van der Waals surface area contributed by atoms with Gasteiger partial charge in [0.2, 0.25) is 11.8 Å². The molecule has 1 heterocycles. The number of hydrogen-bond acceptors (Lipinski definition) is 3. The van der Waals surface area contributed by atoms with Crippen molar-refractivity contribution >= 4 is 17.5 Å². The third-order valence-corrected chi connectivity index (χ3v) is 3.60. The minimum atomic E-state index is -1.03. The van der Waals surface area contributed by atoms with Crippen molar-refractivity contribution < 1.29 is 23.5 Å². The van der Waals surface area contributed by atoms with Crippen LogP contribution in [0.15, 0.2) is 18.2 Å². The summed E-state index contributed by atoms with van der Waals surface area (Å²) in [6.45, 7) is 2.17. The average molecular weight is 312 g/mol. The summed E-state index contributed by atoms with van der Waals surface area (Å²) < 4.78 is 26.2. The van der Waals surface area contributed by atoms with E-state index < -0.39 is 35.5 Å². The normalized spacial score (nSPS) is 19.4. The van der Waals surface area contributed by atoms with Crippen LogP contribution in [0.4, 0.5) is 14.5 Å². The molecular formula is C15H18F2N2O3. The van der Waals surface area contributed by atoms with Crippen molar-refractivity contribution in [2.75, 3.05) is 18.0 Å². The lowest BCUT2D eigenvalue weighted by molar-refractivity contribution is -0.132. The molecule has 0 aliphatic carbocycles. The fourth-order valence-electron chi connectivity index (χ4n) is 2.36. The Morgan fingerprint density at radius 3 is 2.82 bits per heavy atom. The van der Waals surface area contributed by atoms with Crippen LogP contribution in [0.3, 0.4) is 0 Å². The van der Waals surface area contributed by atoms with Crippen molar-refractivity contribution in [1.29, 1.82) is 0 Å². The summed E-state index contributed by atoms with van der Waals surface area (Å²) in [5, 5.41) is 11.7. The van der Waals surface area contributed by atoms with E-state index in [1.165, 1.54) is 11.0 Å². The Morgan fingerprint density at radius 2 is 2.18 bits per heavy atom. The SMILES string of the molecule is CC(O)CCNC(=O)C1CCN(c2ccc(F)c(F)c2)C1=O. The summed E-state index contributed by atoms with van der Waals surface area (Å²) in [5.74, 6) is -3.68. The molecule has 1 aromatic carbocycles. The highest BCUT2D eigenvalue weighted by Gasteiger charge is 2.37. The van der Waals surface area contributed by atoms with Gasteiger partial charge in [0.1, 0.15) is 5.92 Å². The molecule has 2 unspecified atom stereocenters. The second-order valence-corrected chi connectivity index (χ2v) is 5.36. The molecule has 22 heavy (non-hydrogen) atoms. The van der Waals surface area contributed by atoms with Gasteiger partial charge in [0.15, 0.2) is 11.6 Å². The third kappa shape index (κ3) is 3.59. The zero-order valence-corrected chi connectivity index (χ0v) is 12.2. The first-order chi connectivity index (χ1) is 10.4. The molecular weight excluding hydrogens is 294 g/mol. The number of benzene rings is 1. The van der Waals surface area contributed by atoms with E-state index in [2.05, 4.69) is 5.32 Å².